The van der Waals surface area contributed by atoms with Crippen LogP contribution in [0.4, 0.5) is 5.69 Å². The zero-order chi connectivity index (χ0) is 22.4. The van der Waals surface area contributed by atoms with E-state index in [1.807, 2.05) is 81.2 Å². The van der Waals surface area contributed by atoms with Crippen LogP contribution in [0.25, 0.3) is 5.69 Å². The number of benzene rings is 1. The second-order valence-corrected chi connectivity index (χ2v) is 6.47. The minimum atomic E-state index is 0. The fourth-order valence-electron chi connectivity index (χ4n) is 2.36. The number of allylic oxidation sites excluding steroid dienone is 5. The second-order valence-electron chi connectivity index (χ2n) is 6.47. The molecular weight excluding hydrogens is 382 g/mol. The molecule has 2 rings (SSSR count). The van der Waals surface area contributed by atoms with Gasteiger partial charge < -0.3 is 5.32 Å². The normalized spacial score (nSPS) is 12.4. The Labute approximate surface area is 188 Å². The van der Waals surface area contributed by atoms with Crippen LogP contribution >= 0.6 is 0 Å². The van der Waals surface area contributed by atoms with Crippen LogP contribution in [0.5, 0.6) is 0 Å². The first-order valence-electron chi connectivity index (χ1n) is 9.90. The number of nitrogens with one attached hydrogen (secondary N) is 1. The number of anilines is 1. The number of amidine groups is 1. The number of nitrogens with zero attached hydrogens (tertiary/aromatic N) is 4. The van der Waals surface area contributed by atoms with Gasteiger partial charge in [0.15, 0.2) is 0 Å². The van der Waals surface area contributed by atoms with Crippen molar-refractivity contribution in [3.05, 3.63) is 90.5 Å². The zero-order valence-corrected chi connectivity index (χ0v) is 18.9. The molecule has 5 nitrogen and oxygen atoms in total. The van der Waals surface area contributed by atoms with Gasteiger partial charge in [0, 0.05) is 37.5 Å². The molecule has 0 fully saturated rings. The molecule has 0 unspecified atom stereocenters. The van der Waals surface area contributed by atoms with Crippen LogP contribution in [-0.4, -0.2) is 28.9 Å². The SMILES string of the molecule is C.C/C=C(C=NC)/C(C)=C/C.C=C(C)C(=N/C=C\C)Nc1ccc(-n2cccn2)cc1. The van der Waals surface area contributed by atoms with Crippen LogP contribution in [0.1, 0.15) is 42.0 Å². The lowest BCUT2D eigenvalue weighted by Crippen LogP contribution is -2.12. The van der Waals surface area contributed by atoms with Gasteiger partial charge in [0.1, 0.15) is 5.84 Å². The van der Waals surface area contributed by atoms with E-state index in [0.29, 0.717) is 0 Å². The summed E-state index contributed by atoms with van der Waals surface area (Å²) in [6.45, 7) is 13.9. The summed E-state index contributed by atoms with van der Waals surface area (Å²) in [5.41, 5.74) is 5.34. The third kappa shape index (κ3) is 9.72. The number of aromatic nitrogens is 2. The van der Waals surface area contributed by atoms with Gasteiger partial charge in [-0.15, -0.1) is 0 Å². The summed E-state index contributed by atoms with van der Waals surface area (Å²) in [6.07, 6.45) is 13.3. The number of hydrogen-bond acceptors (Lipinski definition) is 3. The summed E-state index contributed by atoms with van der Waals surface area (Å²) in [4.78, 5) is 8.26. The van der Waals surface area contributed by atoms with Gasteiger partial charge in [0.25, 0.3) is 0 Å². The smallest absolute Gasteiger partial charge is 0.132 e. The first kappa shape index (κ1) is 27.5. The highest BCUT2D eigenvalue weighted by Crippen LogP contribution is 2.13. The molecule has 1 heterocycles. The van der Waals surface area contributed by atoms with Gasteiger partial charge in [0.05, 0.1) is 5.69 Å². The van der Waals surface area contributed by atoms with E-state index in [1.165, 1.54) is 11.1 Å². The van der Waals surface area contributed by atoms with E-state index < -0.39 is 0 Å². The van der Waals surface area contributed by atoms with Crippen molar-refractivity contribution < 1.29 is 0 Å². The summed E-state index contributed by atoms with van der Waals surface area (Å²) in [7, 11) is 1.78. The molecule has 0 aliphatic heterocycles. The van der Waals surface area contributed by atoms with Crippen LogP contribution in [0.2, 0.25) is 0 Å². The molecule has 0 aliphatic carbocycles. The topological polar surface area (TPSA) is 54.6 Å². The molecule has 5 heteroatoms. The predicted molar refractivity (Wildman–Crippen MR) is 139 cm³/mol. The van der Waals surface area contributed by atoms with Crippen LogP contribution < -0.4 is 5.32 Å². The van der Waals surface area contributed by atoms with E-state index in [2.05, 4.69) is 46.1 Å². The van der Waals surface area contributed by atoms with Crippen LogP contribution in [0, 0.1) is 0 Å². The lowest BCUT2D eigenvalue weighted by atomic mass is 10.1. The van der Waals surface area contributed by atoms with Crippen LogP contribution in [-0.2, 0) is 0 Å². The van der Waals surface area contributed by atoms with Crippen molar-refractivity contribution in [1.29, 1.82) is 0 Å². The third-order valence-electron chi connectivity index (χ3n) is 4.12. The third-order valence-corrected chi connectivity index (χ3v) is 4.12. The lowest BCUT2D eigenvalue weighted by Gasteiger charge is -2.09. The molecule has 166 valence electrons. The molecule has 2 aromatic rings. The summed E-state index contributed by atoms with van der Waals surface area (Å²) < 4.78 is 1.82. The average Bonchev–Trinajstić information content (AvgIpc) is 3.30. The number of aliphatic imine (C=N–C) groups is 2. The molecule has 0 bridgehead atoms. The maximum atomic E-state index is 4.32. The Morgan fingerprint density at radius 3 is 2.23 bits per heavy atom. The number of hydrogen-bond donors (Lipinski definition) is 1. The van der Waals surface area contributed by atoms with E-state index >= 15 is 0 Å². The predicted octanol–water partition coefficient (Wildman–Crippen LogP) is 7.03. The first-order valence-corrected chi connectivity index (χ1v) is 9.90. The molecular formula is C26H37N5. The molecule has 1 aromatic heterocycles. The van der Waals surface area contributed by atoms with Crippen molar-refractivity contribution in [3.8, 4) is 5.69 Å². The Hall–Kier alpha value is -3.47. The van der Waals surface area contributed by atoms with E-state index in [9.17, 15) is 0 Å². The van der Waals surface area contributed by atoms with Crippen molar-refractivity contribution in [3.63, 3.8) is 0 Å². The van der Waals surface area contributed by atoms with E-state index in [-0.39, 0.29) is 7.43 Å². The van der Waals surface area contributed by atoms with Gasteiger partial charge in [-0.25, -0.2) is 9.67 Å². The fourth-order valence-corrected chi connectivity index (χ4v) is 2.36. The highest BCUT2D eigenvalue weighted by atomic mass is 15.3. The van der Waals surface area contributed by atoms with E-state index in [0.717, 1.165) is 22.8 Å². The Morgan fingerprint density at radius 2 is 1.77 bits per heavy atom. The van der Waals surface area contributed by atoms with Gasteiger partial charge >= 0.3 is 0 Å². The van der Waals surface area contributed by atoms with Gasteiger partial charge in [0.2, 0.25) is 0 Å². The molecule has 0 aliphatic rings. The molecule has 0 amide bonds. The Morgan fingerprint density at radius 1 is 1.10 bits per heavy atom. The van der Waals surface area contributed by atoms with Crippen molar-refractivity contribution in [2.75, 3.05) is 12.4 Å². The fraction of sp³-hybridized carbons (Fsp3) is 0.269. The van der Waals surface area contributed by atoms with E-state index in [1.54, 1.807) is 19.4 Å². The molecule has 0 saturated carbocycles. The van der Waals surface area contributed by atoms with Crippen molar-refractivity contribution in [2.24, 2.45) is 9.98 Å². The summed E-state index contributed by atoms with van der Waals surface area (Å²) in [5.74, 6) is 0.759. The average molecular weight is 420 g/mol. The van der Waals surface area contributed by atoms with Crippen LogP contribution in [0.15, 0.2) is 100 Å². The molecule has 0 spiro atoms. The molecule has 1 N–H and O–H groups in total. The maximum absolute atomic E-state index is 4.32. The zero-order valence-electron chi connectivity index (χ0n) is 18.9. The summed E-state index contributed by atoms with van der Waals surface area (Å²) in [5, 5.41) is 7.45. The van der Waals surface area contributed by atoms with Crippen molar-refractivity contribution in [2.45, 2.75) is 42.0 Å². The number of rotatable bonds is 6. The molecule has 0 atom stereocenters. The first-order chi connectivity index (χ1) is 14.5. The Bertz CT molecular complexity index is 925. The van der Waals surface area contributed by atoms with Gasteiger partial charge in [-0.1, -0.05) is 32.2 Å². The van der Waals surface area contributed by atoms with Gasteiger partial charge in [-0.3, -0.25) is 4.99 Å². The minimum absolute atomic E-state index is 0. The minimum Gasteiger partial charge on any atom is -0.340 e. The monoisotopic (exact) mass is 419 g/mol. The van der Waals surface area contributed by atoms with Crippen molar-refractivity contribution >= 4 is 17.7 Å². The van der Waals surface area contributed by atoms with E-state index in [4.69, 9.17) is 0 Å². The standard InChI is InChI=1S/C16H18N4.C9H15N.CH4/c1-4-10-17-16(13(2)3)19-14-6-8-15(9-7-14)20-12-5-11-18-20;1-5-8(3)9(6-2)7-10-4;/h4-12H,2H2,1,3H3,(H,17,19);5-7H,1-4H3;1H4/b10-4-;8-5+,9-6+,10-7?;. The summed E-state index contributed by atoms with van der Waals surface area (Å²) in [6, 6.07) is 9.88. The Kier molecular flexibility index (Phi) is 13.7. The lowest BCUT2D eigenvalue weighted by molar-refractivity contribution is 0.881. The molecule has 0 radical (unpaired) electrons. The summed E-state index contributed by atoms with van der Waals surface area (Å²) >= 11 is 0. The largest absolute Gasteiger partial charge is 0.340 e. The van der Waals surface area contributed by atoms with Gasteiger partial charge in [-0.05, 0) is 81.7 Å². The molecule has 31 heavy (non-hydrogen) atoms. The quantitative estimate of drug-likeness (QED) is 0.310. The maximum Gasteiger partial charge on any atom is 0.132 e. The van der Waals surface area contributed by atoms with Gasteiger partial charge in [-0.2, -0.15) is 5.10 Å². The second kappa shape index (κ2) is 15.4. The molecule has 0 saturated heterocycles. The highest BCUT2D eigenvalue weighted by Gasteiger charge is 2.01. The van der Waals surface area contributed by atoms with Crippen LogP contribution in [0.3, 0.4) is 0 Å². The molecule has 1 aromatic carbocycles. The highest BCUT2D eigenvalue weighted by molar-refractivity contribution is 6.07. The Balaban J connectivity index is 0.000000701. The van der Waals surface area contributed by atoms with Crippen molar-refractivity contribution in [1.82, 2.24) is 9.78 Å².